The molecule has 194 valence electrons. The standard InChI is InChI=1S/C27H29Cl2FN6O/c1-15(25-20(28)11-33-12-21(25)29)37-17-5-6-23(31)18(7-17)26(32)19-10-34-24(8-22(19)30)36-13-27(2,14-36)35-9-16-3-4-16/h5-8,10-12,15-16,32,35H,3-4,9,13-14,31H2,1-2H3/t15-/m1/s1. The molecule has 2 aromatic heterocycles. The van der Waals surface area contributed by atoms with E-state index in [1.807, 2.05) is 4.90 Å². The Balaban J connectivity index is 1.29. The second-order valence-corrected chi connectivity index (χ2v) is 11.0. The van der Waals surface area contributed by atoms with Gasteiger partial charge < -0.3 is 20.7 Å². The van der Waals surface area contributed by atoms with Crippen LogP contribution < -0.4 is 20.7 Å². The van der Waals surface area contributed by atoms with Gasteiger partial charge in [-0.05, 0) is 57.4 Å². The Hall–Kier alpha value is -2.94. The largest absolute Gasteiger partial charge is 0.486 e. The smallest absolute Gasteiger partial charge is 0.137 e. The molecule has 1 saturated heterocycles. The number of halogens is 3. The number of nitrogens with zero attached hydrogens (tertiary/aromatic N) is 3. The summed E-state index contributed by atoms with van der Waals surface area (Å²) in [5.74, 6) is 1.28. The lowest BCUT2D eigenvalue weighted by Crippen LogP contribution is -2.68. The van der Waals surface area contributed by atoms with Crippen molar-refractivity contribution in [1.29, 1.82) is 5.41 Å². The van der Waals surface area contributed by atoms with Crippen molar-refractivity contribution < 1.29 is 9.13 Å². The summed E-state index contributed by atoms with van der Waals surface area (Å²) in [7, 11) is 0. The lowest BCUT2D eigenvalue weighted by Gasteiger charge is -2.49. The van der Waals surface area contributed by atoms with Crippen LogP contribution in [0.3, 0.4) is 0 Å². The summed E-state index contributed by atoms with van der Waals surface area (Å²) in [6.45, 7) is 6.55. The predicted octanol–water partition coefficient (Wildman–Crippen LogP) is 5.64. The lowest BCUT2D eigenvalue weighted by atomic mass is 9.91. The number of nitrogens with two attached hydrogens (primary N) is 1. The summed E-state index contributed by atoms with van der Waals surface area (Å²) >= 11 is 12.5. The molecule has 0 radical (unpaired) electrons. The van der Waals surface area contributed by atoms with Gasteiger partial charge >= 0.3 is 0 Å². The molecule has 3 heterocycles. The molecule has 37 heavy (non-hydrogen) atoms. The number of aromatic nitrogens is 2. The maximum Gasteiger partial charge on any atom is 0.137 e. The Morgan fingerprint density at radius 2 is 1.92 bits per heavy atom. The highest BCUT2D eigenvalue weighted by atomic mass is 35.5. The number of anilines is 2. The molecule has 0 amide bonds. The van der Waals surface area contributed by atoms with E-state index < -0.39 is 11.9 Å². The maximum atomic E-state index is 15.2. The van der Waals surface area contributed by atoms with Gasteiger partial charge in [-0.2, -0.15) is 0 Å². The van der Waals surface area contributed by atoms with Gasteiger partial charge in [-0.1, -0.05) is 23.2 Å². The van der Waals surface area contributed by atoms with Crippen LogP contribution in [-0.2, 0) is 0 Å². The van der Waals surface area contributed by atoms with Crippen LogP contribution in [-0.4, -0.2) is 40.9 Å². The van der Waals surface area contributed by atoms with E-state index in [4.69, 9.17) is 39.1 Å². The molecule has 5 rings (SSSR count). The third-order valence-corrected chi connectivity index (χ3v) is 7.53. The summed E-state index contributed by atoms with van der Waals surface area (Å²) in [5, 5.41) is 13.1. The first-order valence-corrected chi connectivity index (χ1v) is 13.0. The van der Waals surface area contributed by atoms with E-state index in [2.05, 4.69) is 22.2 Å². The van der Waals surface area contributed by atoms with Gasteiger partial charge in [0.15, 0.2) is 0 Å². The molecule has 2 fully saturated rings. The number of pyridine rings is 2. The van der Waals surface area contributed by atoms with E-state index in [1.165, 1.54) is 37.5 Å². The highest BCUT2D eigenvalue weighted by Gasteiger charge is 2.40. The SMILES string of the molecule is C[C@@H](Oc1ccc(N)c(C(=N)c2cnc(N3CC(C)(NCC4CC4)C3)cc2F)c1)c1c(Cl)cncc1Cl. The molecule has 7 nitrogen and oxygen atoms in total. The van der Waals surface area contributed by atoms with Crippen LogP contribution in [0.15, 0.2) is 42.9 Å². The quantitative estimate of drug-likeness (QED) is 0.239. The van der Waals surface area contributed by atoms with Gasteiger partial charge in [0.2, 0.25) is 0 Å². The Labute approximate surface area is 225 Å². The summed E-state index contributed by atoms with van der Waals surface area (Å²) in [6.07, 6.45) is 6.51. The molecule has 1 atom stereocenters. The van der Waals surface area contributed by atoms with Gasteiger partial charge in [-0.3, -0.25) is 10.4 Å². The monoisotopic (exact) mass is 542 g/mol. The highest BCUT2D eigenvalue weighted by molar-refractivity contribution is 6.35. The summed E-state index contributed by atoms with van der Waals surface area (Å²) in [6, 6.07) is 6.30. The highest BCUT2D eigenvalue weighted by Crippen LogP contribution is 2.34. The van der Waals surface area contributed by atoms with Crippen molar-refractivity contribution in [2.45, 2.75) is 38.3 Å². The first-order chi connectivity index (χ1) is 17.6. The number of ether oxygens (including phenoxy) is 1. The molecule has 10 heteroatoms. The minimum absolute atomic E-state index is 0.0167. The second kappa shape index (κ2) is 10.1. The average Bonchev–Trinajstić information content (AvgIpc) is 3.66. The third-order valence-electron chi connectivity index (χ3n) is 6.93. The molecule has 0 unspecified atom stereocenters. The topological polar surface area (TPSA) is 100 Å². The normalized spacial score (nSPS) is 17.3. The summed E-state index contributed by atoms with van der Waals surface area (Å²) in [4.78, 5) is 10.5. The molecule has 4 N–H and O–H groups in total. The van der Waals surface area contributed by atoms with E-state index in [9.17, 15) is 0 Å². The van der Waals surface area contributed by atoms with Crippen LogP contribution in [0.4, 0.5) is 15.9 Å². The molecule has 0 spiro atoms. The average molecular weight is 543 g/mol. The second-order valence-electron chi connectivity index (χ2n) is 10.2. The van der Waals surface area contributed by atoms with Gasteiger partial charge in [-0.25, -0.2) is 9.37 Å². The predicted molar refractivity (Wildman–Crippen MR) is 146 cm³/mol. The van der Waals surface area contributed by atoms with Crippen molar-refractivity contribution in [1.82, 2.24) is 15.3 Å². The molecule has 1 aromatic carbocycles. The summed E-state index contributed by atoms with van der Waals surface area (Å²) < 4.78 is 21.2. The van der Waals surface area contributed by atoms with E-state index in [1.54, 1.807) is 25.1 Å². The van der Waals surface area contributed by atoms with Gasteiger partial charge in [-0.15, -0.1) is 0 Å². The number of rotatable bonds is 9. The van der Waals surface area contributed by atoms with E-state index in [0.29, 0.717) is 38.4 Å². The number of hydrogen-bond acceptors (Lipinski definition) is 7. The number of benzene rings is 1. The fourth-order valence-electron chi connectivity index (χ4n) is 4.60. The third kappa shape index (κ3) is 5.51. The Morgan fingerprint density at radius 3 is 2.57 bits per heavy atom. The van der Waals surface area contributed by atoms with E-state index in [0.717, 1.165) is 25.6 Å². The first kappa shape index (κ1) is 25.7. The van der Waals surface area contributed by atoms with Crippen molar-refractivity contribution in [3.63, 3.8) is 0 Å². The minimum atomic E-state index is -0.524. The fourth-order valence-corrected chi connectivity index (χ4v) is 5.28. The number of nitrogens with one attached hydrogen (secondary N) is 2. The fraction of sp³-hybridized carbons (Fsp3) is 0.370. The summed E-state index contributed by atoms with van der Waals surface area (Å²) in [5.41, 5.74) is 7.43. The van der Waals surface area contributed by atoms with Crippen LogP contribution in [0.1, 0.15) is 49.5 Å². The molecular weight excluding hydrogens is 514 g/mol. The van der Waals surface area contributed by atoms with Gasteiger partial charge in [0, 0.05) is 54.6 Å². The van der Waals surface area contributed by atoms with Crippen LogP contribution in [0.25, 0.3) is 0 Å². The van der Waals surface area contributed by atoms with Crippen LogP contribution >= 0.6 is 23.2 Å². The first-order valence-electron chi connectivity index (χ1n) is 12.2. The van der Waals surface area contributed by atoms with Crippen molar-refractivity contribution in [3.05, 3.63) is 75.4 Å². The van der Waals surface area contributed by atoms with Crippen LogP contribution in [0, 0.1) is 17.1 Å². The lowest BCUT2D eigenvalue weighted by molar-refractivity contribution is 0.227. The van der Waals surface area contributed by atoms with Crippen LogP contribution in [0.5, 0.6) is 5.75 Å². The number of nitrogen functional groups attached to an aromatic ring is 1. The molecule has 0 bridgehead atoms. The zero-order valence-corrected chi connectivity index (χ0v) is 22.2. The molecular formula is C27H29Cl2FN6O. The van der Waals surface area contributed by atoms with Crippen LogP contribution in [0.2, 0.25) is 10.0 Å². The molecule has 1 saturated carbocycles. The van der Waals surface area contributed by atoms with Gasteiger partial charge in [0.1, 0.15) is 23.5 Å². The molecule has 1 aliphatic carbocycles. The van der Waals surface area contributed by atoms with Crippen molar-refractivity contribution in [3.8, 4) is 5.75 Å². The molecule has 1 aliphatic heterocycles. The Morgan fingerprint density at radius 1 is 1.22 bits per heavy atom. The molecule has 2 aliphatic rings. The van der Waals surface area contributed by atoms with E-state index >= 15 is 4.39 Å². The Kier molecular flexibility index (Phi) is 7.00. The van der Waals surface area contributed by atoms with Gasteiger partial charge in [0.05, 0.1) is 26.9 Å². The van der Waals surface area contributed by atoms with Crippen molar-refractivity contribution in [2.75, 3.05) is 30.3 Å². The zero-order chi connectivity index (χ0) is 26.3. The zero-order valence-electron chi connectivity index (χ0n) is 20.7. The van der Waals surface area contributed by atoms with Crippen molar-refractivity contribution in [2.24, 2.45) is 5.92 Å². The molecule has 3 aromatic rings. The number of hydrogen-bond donors (Lipinski definition) is 3. The Bertz CT molecular complexity index is 1320. The minimum Gasteiger partial charge on any atom is -0.486 e. The van der Waals surface area contributed by atoms with Crippen molar-refractivity contribution >= 4 is 40.4 Å². The maximum absolute atomic E-state index is 15.2. The van der Waals surface area contributed by atoms with E-state index in [-0.39, 0.29) is 16.8 Å². The van der Waals surface area contributed by atoms with Gasteiger partial charge in [0.25, 0.3) is 0 Å².